The zero-order valence-corrected chi connectivity index (χ0v) is 77.6. The van der Waals surface area contributed by atoms with Gasteiger partial charge >= 0.3 is 0 Å². The maximum Gasteiger partial charge on any atom is 0.196 e. The summed E-state index contributed by atoms with van der Waals surface area (Å²) in [6.45, 7) is 24.7. The Morgan fingerprint density at radius 3 is 1.24 bits per heavy atom. The summed E-state index contributed by atoms with van der Waals surface area (Å²) in [5, 5.41) is 14.3. The summed E-state index contributed by atoms with van der Waals surface area (Å²) >= 11 is 0. The van der Waals surface area contributed by atoms with Gasteiger partial charge in [0.25, 0.3) is 0 Å². The number of fused-ring (bicyclic) bond motifs is 8. The van der Waals surface area contributed by atoms with E-state index >= 15 is 0 Å². The van der Waals surface area contributed by atoms with Gasteiger partial charge in [-0.1, -0.05) is 288 Å². The van der Waals surface area contributed by atoms with E-state index in [1.54, 1.807) is 7.11 Å². The van der Waals surface area contributed by atoms with Gasteiger partial charge in [0, 0.05) is 178 Å². The van der Waals surface area contributed by atoms with Crippen LogP contribution in [0.2, 0.25) is 0 Å². The molecule has 0 saturated carbocycles. The van der Waals surface area contributed by atoms with E-state index in [2.05, 4.69) is 128 Å². The second-order valence-corrected chi connectivity index (χ2v) is 35.1. The largest absolute Gasteiger partial charge is 0.496 e. The van der Waals surface area contributed by atoms with E-state index in [1.807, 2.05) is 269 Å². The quantitative estimate of drug-likeness (QED) is 0.0470. The van der Waals surface area contributed by atoms with Crippen molar-refractivity contribution in [3.63, 3.8) is 0 Å². The molecule has 16 heteroatoms. The van der Waals surface area contributed by atoms with E-state index < -0.39 is 0 Å². The normalized spacial score (nSPS) is 13.8. The fourth-order valence-corrected chi connectivity index (χ4v) is 20.2. The lowest BCUT2D eigenvalue weighted by molar-refractivity contribution is 0.0272. The number of rotatable bonds is 22. The molecule has 2 fully saturated rings. The van der Waals surface area contributed by atoms with Gasteiger partial charge < -0.3 is 41.8 Å². The fraction of sp³-hybridized carbons (Fsp3) is 0.229. The molecule has 2 saturated heterocycles. The highest BCUT2D eigenvalue weighted by Gasteiger charge is 2.34. The van der Waals surface area contributed by atoms with Crippen LogP contribution in [0, 0.1) is 27.7 Å². The average molecular weight is 1770 g/mol. The van der Waals surface area contributed by atoms with Gasteiger partial charge in [-0.2, -0.15) is 0 Å². The Labute approximate surface area is 782 Å². The second-order valence-electron chi connectivity index (χ2n) is 35.1. The number of aromatic nitrogens is 5. The van der Waals surface area contributed by atoms with Gasteiger partial charge in [0.1, 0.15) is 18.1 Å². The number of benzene rings is 14. The molecule has 0 spiro atoms. The Morgan fingerprint density at radius 1 is 0.351 bits per heavy atom. The third kappa shape index (κ3) is 18.1. The van der Waals surface area contributed by atoms with Crippen LogP contribution in [-0.4, -0.2) is 141 Å². The molecule has 3 aliphatic heterocycles. The van der Waals surface area contributed by atoms with Crippen molar-refractivity contribution < 1.29 is 42.9 Å². The predicted octanol–water partition coefficient (Wildman–Crippen LogP) is 25.0. The van der Waals surface area contributed by atoms with Crippen LogP contribution in [0.25, 0.3) is 97.5 Å². The van der Waals surface area contributed by atoms with Gasteiger partial charge in [0.2, 0.25) is 0 Å². The predicted molar refractivity (Wildman–Crippen MR) is 544 cm³/mol. The lowest BCUT2D eigenvalue weighted by atomic mass is 9.95. The van der Waals surface area contributed by atoms with Crippen molar-refractivity contribution in [2.45, 2.75) is 92.9 Å². The Balaban J connectivity index is 0.000000113. The van der Waals surface area contributed by atoms with Crippen LogP contribution in [0.4, 0.5) is 0 Å². The number of hydrogen-bond acceptors (Lipinski definition) is 11. The molecule has 0 bridgehead atoms. The van der Waals surface area contributed by atoms with Crippen molar-refractivity contribution in [3.8, 4) is 11.5 Å². The van der Waals surface area contributed by atoms with Crippen LogP contribution in [0.1, 0.15) is 148 Å². The standard InChI is InChI=1S/C27H26N2O3.C27H28N2O3.C23H21NO.C21H17NO.C20H21NO/c1-18-25(27(30)22-9-4-7-19-6-2-3-8-21(19)22)23-10-5-11-24-26(23)29(18)20(17-32-24)16-28-12-14-31-15-13-28;1-19-26(27(30)22-11-12-25(31-2)21-8-4-3-7-20(21)22)23-9-5-6-10-24(23)29(19)14-13-28-15-17-32-18-16-28;1-3-15-24-16(2)22(20-12-6-7-14-21(20)24)23(25)19-13-8-10-17-9-4-5-11-18(17)19;1-14-20(18-11-5-6-13-19(18)22(14)2)21(23)17-12-7-9-15-8-3-4-10-16(15)17;1-2-3-6-13-21-14-12-17(15-21)20(22)19-11-7-9-16-8-4-5-10-18(16)19/h2-11,20H,12-17H2,1H3;3-12H,13-18H2,1-2H3;4-14H,3,15H2,1-2H3;3-13H,1-2H3;4-5,7-12,14-15H,2-3,6,13H2,1H3/t20-;;;;/m1..../s1. The minimum absolute atomic E-state index is 0.0580. The molecule has 0 unspecified atom stereocenters. The van der Waals surface area contributed by atoms with E-state index in [0.717, 1.165) is 280 Å². The summed E-state index contributed by atoms with van der Waals surface area (Å²) in [6.07, 6.45) is 8.62. The van der Waals surface area contributed by atoms with Crippen molar-refractivity contribution in [2.75, 3.05) is 79.4 Å². The molecule has 0 radical (unpaired) electrons. The number of unbranched alkanes of at least 4 members (excludes halogenated alkanes) is 2. The zero-order chi connectivity index (χ0) is 92.5. The number of carbonyl (C=O) groups excluding carboxylic acids is 5. The minimum Gasteiger partial charge on any atom is -0.496 e. The zero-order valence-electron chi connectivity index (χ0n) is 77.6. The third-order valence-corrected chi connectivity index (χ3v) is 27.1. The number of hydrogen-bond donors (Lipinski definition) is 0. The number of methoxy groups -OCH3 is 1. The summed E-state index contributed by atoms with van der Waals surface area (Å²) in [7, 11) is 3.67. The third-order valence-electron chi connectivity index (χ3n) is 27.1. The minimum atomic E-state index is 0.0580. The topological polar surface area (TPSA) is 153 Å². The lowest BCUT2D eigenvalue weighted by Crippen LogP contribution is -2.42. The fourth-order valence-electron chi connectivity index (χ4n) is 20.2. The molecule has 0 amide bonds. The van der Waals surface area contributed by atoms with Crippen LogP contribution in [-0.2, 0) is 36.2 Å². The van der Waals surface area contributed by atoms with E-state index in [-0.39, 0.29) is 35.0 Å². The Morgan fingerprint density at radius 2 is 0.746 bits per heavy atom. The average Bonchev–Trinajstić information content (AvgIpc) is 1.57. The molecule has 0 aliphatic carbocycles. The maximum absolute atomic E-state index is 14.0. The Bertz CT molecular complexity index is 7590. The van der Waals surface area contributed by atoms with Crippen LogP contribution in [0.5, 0.6) is 11.5 Å². The molecule has 674 valence electrons. The second kappa shape index (κ2) is 40.8. The van der Waals surface area contributed by atoms with Gasteiger partial charge in [-0.15, -0.1) is 0 Å². The molecule has 14 aromatic carbocycles. The monoisotopic (exact) mass is 1770 g/mol. The number of para-hydroxylation sites is 4. The maximum atomic E-state index is 14.0. The number of aryl methyl sites for hydroxylation is 3. The van der Waals surface area contributed by atoms with E-state index in [4.69, 9.17) is 18.9 Å². The molecule has 3 aliphatic rings. The molecule has 134 heavy (non-hydrogen) atoms. The molecule has 22 rings (SSSR count). The highest BCUT2D eigenvalue weighted by Crippen LogP contribution is 2.42. The molecule has 16 nitrogen and oxygen atoms in total. The molecule has 5 aromatic heterocycles. The van der Waals surface area contributed by atoms with Crippen molar-refractivity contribution >= 4 is 126 Å². The van der Waals surface area contributed by atoms with Crippen LogP contribution < -0.4 is 9.47 Å². The first-order valence-electron chi connectivity index (χ1n) is 47.0. The van der Waals surface area contributed by atoms with Crippen LogP contribution in [0.15, 0.2) is 316 Å². The van der Waals surface area contributed by atoms with Crippen molar-refractivity contribution in [2.24, 2.45) is 7.05 Å². The summed E-state index contributed by atoms with van der Waals surface area (Å²) in [6, 6.07) is 100. The summed E-state index contributed by atoms with van der Waals surface area (Å²) in [5.41, 5.74) is 16.3. The highest BCUT2D eigenvalue weighted by molar-refractivity contribution is 6.26. The first-order valence-corrected chi connectivity index (χ1v) is 47.0. The number of nitrogens with zero attached hydrogens (tertiary/aromatic N) is 7. The van der Waals surface area contributed by atoms with E-state index in [9.17, 15) is 24.0 Å². The van der Waals surface area contributed by atoms with Gasteiger partial charge in [-0.3, -0.25) is 33.8 Å². The Hall–Kier alpha value is -14.4. The summed E-state index contributed by atoms with van der Waals surface area (Å²) in [5.74, 6) is 2.08. The molecule has 19 aromatic rings. The molecule has 8 heterocycles. The van der Waals surface area contributed by atoms with Crippen molar-refractivity contribution in [3.05, 3.63) is 394 Å². The smallest absolute Gasteiger partial charge is 0.196 e. The number of ketones is 5. The van der Waals surface area contributed by atoms with Gasteiger partial charge in [-0.05, 0) is 131 Å². The lowest BCUT2D eigenvalue weighted by Gasteiger charge is -2.34. The van der Waals surface area contributed by atoms with Crippen molar-refractivity contribution in [1.29, 1.82) is 0 Å². The first-order chi connectivity index (χ1) is 65.6. The molecular weight excluding hydrogens is 1660 g/mol. The SMILES string of the molecule is CCCCCn1ccc(C(=O)c2cccc3ccccc23)c1.CCCn1c(C)c(C(=O)c2cccc3ccccc23)c2ccccc21.COc1ccc(C(=O)c2c(C)n(CCN3CCOCC3)c3ccccc23)c2ccccc12.Cc1c(C(=O)c2cccc3ccccc23)c2cccc3c2n1[C@H](CN1CCOCC1)CO3.Cc1c(C(=O)c2cccc3ccccc23)c2ccccc2n1C. The highest BCUT2D eigenvalue weighted by atomic mass is 16.5. The van der Waals surface area contributed by atoms with E-state index in [1.165, 1.54) is 12.8 Å². The molecule has 0 N–H and O–H groups in total. The summed E-state index contributed by atoms with van der Waals surface area (Å²) in [4.78, 5) is 72.3. The number of carbonyl (C=O) groups is 5. The molecular formula is C118H113N7O9. The Kier molecular flexibility index (Phi) is 27.4. The van der Waals surface area contributed by atoms with Gasteiger partial charge in [0.15, 0.2) is 28.9 Å². The first kappa shape index (κ1) is 90.2. The summed E-state index contributed by atoms with van der Waals surface area (Å²) < 4.78 is 33.8. The van der Waals surface area contributed by atoms with Crippen LogP contribution in [0.3, 0.4) is 0 Å². The number of ether oxygens (including phenoxy) is 4. The van der Waals surface area contributed by atoms with Crippen LogP contribution >= 0.6 is 0 Å². The van der Waals surface area contributed by atoms with Gasteiger partial charge in [0.05, 0.1) is 67.3 Å². The van der Waals surface area contributed by atoms with Gasteiger partial charge in [-0.25, -0.2) is 0 Å². The number of morpholine rings is 2. The van der Waals surface area contributed by atoms with Crippen molar-refractivity contribution in [1.82, 2.24) is 32.6 Å². The molecule has 1 atom stereocenters. The van der Waals surface area contributed by atoms with E-state index in [0.29, 0.717) is 12.2 Å².